The Morgan fingerprint density at radius 1 is 1.31 bits per heavy atom. The average molecular weight is 235 g/mol. The van der Waals surface area contributed by atoms with Gasteiger partial charge < -0.3 is 5.32 Å². The molecule has 0 heterocycles. The molecular weight excluding hydrogens is 214 g/mol. The molecule has 1 N–H and O–H groups in total. The van der Waals surface area contributed by atoms with Crippen LogP contribution in [-0.4, -0.2) is 18.8 Å². The fourth-order valence-electron chi connectivity index (χ4n) is 1.86. The molecule has 0 saturated heterocycles. The second-order valence-corrected chi connectivity index (χ2v) is 5.88. The van der Waals surface area contributed by atoms with Gasteiger partial charge in [-0.3, -0.25) is 0 Å². The summed E-state index contributed by atoms with van der Waals surface area (Å²) in [6.07, 6.45) is 4.26. The van der Waals surface area contributed by atoms with Crippen LogP contribution in [0.5, 0.6) is 0 Å². The summed E-state index contributed by atoms with van der Waals surface area (Å²) < 4.78 is 0. The van der Waals surface area contributed by atoms with Gasteiger partial charge in [0.25, 0.3) is 0 Å². The molecule has 1 aliphatic rings. The van der Waals surface area contributed by atoms with Crippen molar-refractivity contribution in [3.8, 4) is 0 Å². The molecule has 0 aromatic heterocycles. The monoisotopic (exact) mass is 235 g/mol. The van der Waals surface area contributed by atoms with E-state index in [0.29, 0.717) is 6.04 Å². The second-order valence-electron chi connectivity index (χ2n) is 4.79. The fourth-order valence-corrected chi connectivity index (χ4v) is 2.88. The third-order valence-corrected chi connectivity index (χ3v) is 4.37. The highest BCUT2D eigenvalue weighted by Crippen LogP contribution is 2.34. The molecule has 88 valence electrons. The highest BCUT2D eigenvalue weighted by molar-refractivity contribution is 7.99. The number of rotatable bonds is 6. The summed E-state index contributed by atoms with van der Waals surface area (Å²) in [6, 6.07) is 9.52. The van der Waals surface area contributed by atoms with Crippen molar-refractivity contribution in [3.05, 3.63) is 29.8 Å². The Balaban J connectivity index is 1.77. The number of hydrogen-bond acceptors (Lipinski definition) is 2. The van der Waals surface area contributed by atoms with E-state index in [1.807, 2.05) is 11.8 Å². The van der Waals surface area contributed by atoms with Crippen LogP contribution in [0.1, 0.15) is 24.8 Å². The quantitative estimate of drug-likeness (QED) is 0.758. The van der Waals surface area contributed by atoms with E-state index in [9.17, 15) is 0 Å². The lowest BCUT2D eigenvalue weighted by atomic mass is 10.2. The van der Waals surface area contributed by atoms with Gasteiger partial charge in [0.2, 0.25) is 0 Å². The molecular formula is C14H21NS. The number of hydrogen-bond donors (Lipinski definition) is 1. The first-order valence-electron chi connectivity index (χ1n) is 6.14. The summed E-state index contributed by atoms with van der Waals surface area (Å²) in [5.41, 5.74) is 1.34. The van der Waals surface area contributed by atoms with Crippen LogP contribution in [0, 0.1) is 12.8 Å². The van der Waals surface area contributed by atoms with Gasteiger partial charge in [0.1, 0.15) is 0 Å². The van der Waals surface area contributed by atoms with Crippen molar-refractivity contribution in [1.29, 1.82) is 0 Å². The minimum atomic E-state index is 0.679. The van der Waals surface area contributed by atoms with Gasteiger partial charge in [0.15, 0.2) is 0 Å². The Labute approximate surface area is 103 Å². The van der Waals surface area contributed by atoms with E-state index < -0.39 is 0 Å². The molecule has 2 heteroatoms. The molecule has 16 heavy (non-hydrogen) atoms. The van der Waals surface area contributed by atoms with Gasteiger partial charge in [-0.1, -0.05) is 30.5 Å². The van der Waals surface area contributed by atoms with Crippen LogP contribution >= 0.6 is 11.8 Å². The van der Waals surface area contributed by atoms with E-state index in [0.717, 1.165) is 5.92 Å². The predicted molar refractivity (Wildman–Crippen MR) is 72.1 cm³/mol. The van der Waals surface area contributed by atoms with E-state index in [4.69, 9.17) is 0 Å². The van der Waals surface area contributed by atoms with Crippen LogP contribution in [0.15, 0.2) is 29.2 Å². The van der Waals surface area contributed by atoms with Crippen LogP contribution in [0.2, 0.25) is 0 Å². The minimum Gasteiger partial charge on any atom is -0.316 e. The van der Waals surface area contributed by atoms with E-state index in [1.165, 1.54) is 35.5 Å². The van der Waals surface area contributed by atoms with Crippen molar-refractivity contribution in [3.63, 3.8) is 0 Å². The Morgan fingerprint density at radius 3 is 2.56 bits per heavy atom. The zero-order chi connectivity index (χ0) is 11.4. The van der Waals surface area contributed by atoms with Gasteiger partial charge >= 0.3 is 0 Å². The molecule has 2 rings (SSSR count). The van der Waals surface area contributed by atoms with Crippen LogP contribution in [0.25, 0.3) is 0 Å². The average Bonchev–Trinajstić information content (AvgIpc) is 3.10. The van der Waals surface area contributed by atoms with Crippen molar-refractivity contribution in [2.45, 2.75) is 37.1 Å². The molecule has 1 saturated carbocycles. The van der Waals surface area contributed by atoms with E-state index >= 15 is 0 Å². The molecule has 1 aliphatic carbocycles. The lowest BCUT2D eigenvalue weighted by Crippen LogP contribution is -2.28. The summed E-state index contributed by atoms with van der Waals surface area (Å²) in [7, 11) is 2.09. The lowest BCUT2D eigenvalue weighted by molar-refractivity contribution is 0.536. The first-order chi connectivity index (χ1) is 7.78. The van der Waals surface area contributed by atoms with E-state index in [1.54, 1.807) is 0 Å². The highest BCUT2D eigenvalue weighted by Gasteiger charge is 2.24. The Bertz CT molecular complexity index is 316. The van der Waals surface area contributed by atoms with Crippen LogP contribution in [0.3, 0.4) is 0 Å². The van der Waals surface area contributed by atoms with Crippen LogP contribution < -0.4 is 5.32 Å². The first kappa shape index (κ1) is 12.0. The van der Waals surface area contributed by atoms with Gasteiger partial charge in [0.05, 0.1) is 0 Å². The topological polar surface area (TPSA) is 12.0 Å². The minimum absolute atomic E-state index is 0.679. The molecule has 0 aliphatic heterocycles. The molecule has 1 fully saturated rings. The van der Waals surface area contributed by atoms with Gasteiger partial charge in [-0.25, -0.2) is 0 Å². The maximum absolute atomic E-state index is 3.43. The van der Waals surface area contributed by atoms with Gasteiger partial charge in [-0.15, -0.1) is 11.8 Å². The molecule has 0 radical (unpaired) electrons. The van der Waals surface area contributed by atoms with Gasteiger partial charge in [0, 0.05) is 16.7 Å². The molecule has 1 atom stereocenters. The molecule has 1 nitrogen and oxygen atoms in total. The normalized spacial score (nSPS) is 17.4. The molecule has 1 aromatic rings. The third-order valence-electron chi connectivity index (χ3n) is 3.20. The Hall–Kier alpha value is -0.470. The standard InChI is InChI=1S/C14H21NS/c1-11-3-7-14(8-4-11)16-10-13(15-2)9-12-5-6-12/h3-4,7-8,12-13,15H,5-6,9-10H2,1-2H3. The lowest BCUT2D eigenvalue weighted by Gasteiger charge is -2.15. The smallest absolute Gasteiger partial charge is 0.0161 e. The second kappa shape index (κ2) is 5.74. The van der Waals surface area contributed by atoms with E-state index in [-0.39, 0.29) is 0 Å². The fraction of sp³-hybridized carbons (Fsp3) is 0.571. The number of nitrogens with one attached hydrogen (secondary N) is 1. The molecule has 0 amide bonds. The van der Waals surface area contributed by atoms with Crippen LogP contribution in [0.4, 0.5) is 0 Å². The SMILES string of the molecule is CNC(CSc1ccc(C)cc1)CC1CC1. The van der Waals surface area contributed by atoms with Crippen molar-refractivity contribution in [1.82, 2.24) is 5.32 Å². The van der Waals surface area contributed by atoms with Crippen molar-refractivity contribution in [2.24, 2.45) is 5.92 Å². The van der Waals surface area contributed by atoms with Gasteiger partial charge in [-0.05, 0) is 38.4 Å². The van der Waals surface area contributed by atoms with Crippen molar-refractivity contribution >= 4 is 11.8 Å². The Kier molecular flexibility index (Phi) is 4.30. The summed E-state index contributed by atoms with van der Waals surface area (Å²) in [5.74, 6) is 2.20. The molecule has 0 bridgehead atoms. The summed E-state index contributed by atoms with van der Waals surface area (Å²) >= 11 is 1.97. The predicted octanol–water partition coefficient (Wildman–Crippen LogP) is 3.48. The van der Waals surface area contributed by atoms with Crippen LogP contribution in [-0.2, 0) is 0 Å². The zero-order valence-electron chi connectivity index (χ0n) is 10.2. The highest BCUT2D eigenvalue weighted by atomic mass is 32.2. The first-order valence-corrected chi connectivity index (χ1v) is 7.13. The maximum Gasteiger partial charge on any atom is 0.0161 e. The molecule has 0 spiro atoms. The number of thioether (sulfide) groups is 1. The molecule has 1 unspecified atom stereocenters. The van der Waals surface area contributed by atoms with Crippen molar-refractivity contribution in [2.75, 3.05) is 12.8 Å². The van der Waals surface area contributed by atoms with E-state index in [2.05, 4.69) is 43.6 Å². The third kappa shape index (κ3) is 3.84. The largest absolute Gasteiger partial charge is 0.316 e. The maximum atomic E-state index is 3.43. The number of benzene rings is 1. The van der Waals surface area contributed by atoms with Gasteiger partial charge in [-0.2, -0.15) is 0 Å². The Morgan fingerprint density at radius 2 is 2.00 bits per heavy atom. The van der Waals surface area contributed by atoms with Crippen molar-refractivity contribution < 1.29 is 0 Å². The summed E-state index contributed by atoms with van der Waals surface area (Å²) in [6.45, 7) is 2.14. The summed E-state index contributed by atoms with van der Waals surface area (Å²) in [4.78, 5) is 1.39. The number of aryl methyl sites for hydroxylation is 1. The summed E-state index contributed by atoms with van der Waals surface area (Å²) in [5, 5.41) is 3.43. The molecule has 1 aromatic carbocycles. The zero-order valence-corrected chi connectivity index (χ0v) is 11.0.